The van der Waals surface area contributed by atoms with E-state index in [4.69, 9.17) is 10.7 Å². The Morgan fingerprint density at radius 3 is 2.37 bits per heavy atom. The van der Waals surface area contributed by atoms with Gasteiger partial charge in [-0.1, -0.05) is 43.2 Å². The van der Waals surface area contributed by atoms with Gasteiger partial charge in [-0.2, -0.15) is 0 Å². The highest BCUT2D eigenvalue weighted by atomic mass is 32.1. The SMILES string of the molecule is CCCc1nc(-c2ccc(C)cc2)sc1C(C)(C)N. The van der Waals surface area contributed by atoms with Crippen molar-refractivity contribution in [1.82, 2.24) is 4.98 Å². The van der Waals surface area contributed by atoms with E-state index < -0.39 is 0 Å². The molecule has 0 aliphatic carbocycles. The van der Waals surface area contributed by atoms with Crippen LogP contribution in [0.4, 0.5) is 0 Å². The zero-order valence-electron chi connectivity index (χ0n) is 12.2. The highest BCUT2D eigenvalue weighted by Crippen LogP contribution is 2.34. The standard InChI is InChI=1S/C16H22N2S/c1-5-6-13-14(16(3,4)17)19-15(18-13)12-9-7-11(2)8-10-12/h7-10H,5-6,17H2,1-4H3. The molecule has 0 fully saturated rings. The lowest BCUT2D eigenvalue weighted by atomic mass is 10.0. The molecule has 0 saturated carbocycles. The van der Waals surface area contributed by atoms with Gasteiger partial charge in [-0.05, 0) is 27.2 Å². The predicted octanol–water partition coefficient (Wildman–Crippen LogP) is 4.26. The van der Waals surface area contributed by atoms with Crippen molar-refractivity contribution in [2.45, 2.75) is 46.1 Å². The van der Waals surface area contributed by atoms with Gasteiger partial charge in [0, 0.05) is 16.0 Å². The summed E-state index contributed by atoms with van der Waals surface area (Å²) < 4.78 is 0. The van der Waals surface area contributed by atoms with E-state index >= 15 is 0 Å². The molecule has 2 nitrogen and oxygen atoms in total. The van der Waals surface area contributed by atoms with Gasteiger partial charge in [-0.25, -0.2) is 4.98 Å². The number of aryl methyl sites for hydroxylation is 2. The number of hydrogen-bond acceptors (Lipinski definition) is 3. The van der Waals surface area contributed by atoms with Crippen LogP contribution in [0.1, 0.15) is 43.3 Å². The summed E-state index contributed by atoms with van der Waals surface area (Å²) in [7, 11) is 0. The molecule has 0 aliphatic heterocycles. The van der Waals surface area contributed by atoms with E-state index in [1.807, 2.05) is 0 Å². The number of benzene rings is 1. The third-order valence-corrected chi connectivity index (χ3v) is 4.55. The lowest BCUT2D eigenvalue weighted by molar-refractivity contribution is 0.557. The lowest BCUT2D eigenvalue weighted by Crippen LogP contribution is -2.28. The fourth-order valence-electron chi connectivity index (χ4n) is 2.08. The number of nitrogens with two attached hydrogens (primary N) is 1. The average molecular weight is 274 g/mol. The van der Waals surface area contributed by atoms with Crippen molar-refractivity contribution in [1.29, 1.82) is 0 Å². The van der Waals surface area contributed by atoms with Crippen molar-refractivity contribution in [3.05, 3.63) is 40.4 Å². The fourth-order valence-corrected chi connectivity index (χ4v) is 3.21. The molecule has 1 aromatic heterocycles. The molecule has 2 N–H and O–H groups in total. The smallest absolute Gasteiger partial charge is 0.123 e. The minimum Gasteiger partial charge on any atom is -0.321 e. The Morgan fingerprint density at radius 2 is 1.84 bits per heavy atom. The molecule has 0 radical (unpaired) electrons. The molecule has 2 rings (SSSR count). The van der Waals surface area contributed by atoms with Crippen molar-refractivity contribution in [3.8, 4) is 10.6 Å². The average Bonchev–Trinajstić information content (AvgIpc) is 2.74. The monoisotopic (exact) mass is 274 g/mol. The van der Waals surface area contributed by atoms with Crippen LogP contribution < -0.4 is 5.73 Å². The Labute approximate surface area is 119 Å². The normalized spacial score (nSPS) is 11.8. The van der Waals surface area contributed by atoms with Crippen molar-refractivity contribution < 1.29 is 0 Å². The predicted molar refractivity (Wildman–Crippen MR) is 83.5 cm³/mol. The van der Waals surface area contributed by atoms with Crippen LogP contribution in [0.25, 0.3) is 10.6 Å². The van der Waals surface area contributed by atoms with E-state index in [1.165, 1.54) is 16.0 Å². The summed E-state index contributed by atoms with van der Waals surface area (Å²) >= 11 is 1.73. The van der Waals surface area contributed by atoms with Gasteiger partial charge in [0.05, 0.1) is 5.69 Å². The zero-order chi connectivity index (χ0) is 14.0. The molecule has 0 unspecified atom stereocenters. The third kappa shape index (κ3) is 3.23. The molecule has 0 saturated heterocycles. The summed E-state index contributed by atoms with van der Waals surface area (Å²) in [5.74, 6) is 0. The summed E-state index contributed by atoms with van der Waals surface area (Å²) in [6, 6.07) is 8.53. The van der Waals surface area contributed by atoms with Crippen LogP contribution in [0.15, 0.2) is 24.3 Å². The summed E-state index contributed by atoms with van der Waals surface area (Å²) in [5, 5.41) is 1.08. The van der Waals surface area contributed by atoms with E-state index in [0.29, 0.717) is 0 Å². The Hall–Kier alpha value is -1.19. The molecule has 19 heavy (non-hydrogen) atoms. The number of aromatic nitrogens is 1. The molecular formula is C16H22N2S. The van der Waals surface area contributed by atoms with Gasteiger partial charge < -0.3 is 5.73 Å². The molecule has 102 valence electrons. The largest absolute Gasteiger partial charge is 0.321 e. The Morgan fingerprint density at radius 1 is 1.21 bits per heavy atom. The van der Waals surface area contributed by atoms with Crippen molar-refractivity contribution in [2.24, 2.45) is 5.73 Å². The minimum absolute atomic E-state index is 0.314. The maximum Gasteiger partial charge on any atom is 0.123 e. The Bertz CT molecular complexity index is 547. The van der Waals surface area contributed by atoms with Crippen molar-refractivity contribution >= 4 is 11.3 Å². The van der Waals surface area contributed by atoms with E-state index in [-0.39, 0.29) is 5.54 Å². The molecule has 0 bridgehead atoms. The quantitative estimate of drug-likeness (QED) is 0.904. The number of nitrogens with zero attached hydrogens (tertiary/aromatic N) is 1. The van der Waals surface area contributed by atoms with Gasteiger partial charge >= 0.3 is 0 Å². The molecule has 0 spiro atoms. The molecule has 0 amide bonds. The van der Waals surface area contributed by atoms with Crippen LogP contribution >= 0.6 is 11.3 Å². The van der Waals surface area contributed by atoms with Gasteiger partial charge in [0.25, 0.3) is 0 Å². The van der Waals surface area contributed by atoms with E-state index in [2.05, 4.69) is 52.0 Å². The Kier molecular flexibility index (Phi) is 4.07. The van der Waals surface area contributed by atoms with Crippen LogP contribution in [0.3, 0.4) is 0 Å². The van der Waals surface area contributed by atoms with Crippen LogP contribution in [0.2, 0.25) is 0 Å². The maximum absolute atomic E-state index is 6.27. The minimum atomic E-state index is -0.314. The second-order valence-corrected chi connectivity index (χ2v) is 6.63. The van der Waals surface area contributed by atoms with Crippen LogP contribution in [-0.2, 0) is 12.0 Å². The number of rotatable bonds is 4. The Balaban J connectivity index is 2.45. The fraction of sp³-hybridized carbons (Fsp3) is 0.438. The molecule has 0 aliphatic rings. The molecule has 2 aromatic rings. The molecule has 3 heteroatoms. The first-order chi connectivity index (χ1) is 8.91. The van der Waals surface area contributed by atoms with E-state index in [9.17, 15) is 0 Å². The summed E-state index contributed by atoms with van der Waals surface area (Å²) in [4.78, 5) is 6.02. The zero-order valence-corrected chi connectivity index (χ0v) is 13.0. The topological polar surface area (TPSA) is 38.9 Å². The summed E-state index contributed by atoms with van der Waals surface area (Å²) in [6.07, 6.45) is 2.10. The van der Waals surface area contributed by atoms with Crippen LogP contribution in [0.5, 0.6) is 0 Å². The first-order valence-corrected chi connectivity index (χ1v) is 7.59. The molecular weight excluding hydrogens is 252 g/mol. The molecule has 0 atom stereocenters. The summed E-state index contributed by atoms with van der Waals surface area (Å²) in [6.45, 7) is 8.39. The van der Waals surface area contributed by atoms with E-state index in [0.717, 1.165) is 23.5 Å². The van der Waals surface area contributed by atoms with Gasteiger partial charge in [-0.15, -0.1) is 11.3 Å². The first kappa shape index (κ1) is 14.2. The number of thiazole rings is 1. The highest BCUT2D eigenvalue weighted by Gasteiger charge is 2.23. The third-order valence-electron chi connectivity index (χ3n) is 3.07. The van der Waals surface area contributed by atoms with Gasteiger partial charge in [0.2, 0.25) is 0 Å². The second-order valence-electron chi connectivity index (χ2n) is 5.63. The second kappa shape index (κ2) is 5.43. The number of hydrogen-bond donors (Lipinski definition) is 1. The van der Waals surface area contributed by atoms with Gasteiger partial charge in [0.15, 0.2) is 0 Å². The van der Waals surface area contributed by atoms with Crippen molar-refractivity contribution in [3.63, 3.8) is 0 Å². The maximum atomic E-state index is 6.27. The molecule has 1 heterocycles. The lowest BCUT2D eigenvalue weighted by Gasteiger charge is -2.17. The first-order valence-electron chi connectivity index (χ1n) is 6.78. The van der Waals surface area contributed by atoms with Crippen LogP contribution in [0, 0.1) is 6.92 Å². The van der Waals surface area contributed by atoms with Gasteiger partial charge in [-0.3, -0.25) is 0 Å². The molecule has 1 aromatic carbocycles. The summed E-state index contributed by atoms with van der Waals surface area (Å²) in [5.41, 5.74) is 9.58. The van der Waals surface area contributed by atoms with E-state index in [1.54, 1.807) is 11.3 Å². The highest BCUT2D eigenvalue weighted by molar-refractivity contribution is 7.15. The van der Waals surface area contributed by atoms with Crippen LogP contribution in [-0.4, -0.2) is 4.98 Å². The van der Waals surface area contributed by atoms with Gasteiger partial charge in [0.1, 0.15) is 5.01 Å². The van der Waals surface area contributed by atoms with Crippen molar-refractivity contribution in [2.75, 3.05) is 0 Å².